The van der Waals surface area contributed by atoms with E-state index in [2.05, 4.69) is 15.3 Å². The van der Waals surface area contributed by atoms with Crippen molar-refractivity contribution in [3.05, 3.63) is 41.7 Å². The third-order valence-corrected chi connectivity index (χ3v) is 5.45. The number of amides is 1. The lowest BCUT2D eigenvalue weighted by atomic mass is 10.1. The Morgan fingerprint density at radius 2 is 1.85 bits per heavy atom. The van der Waals surface area contributed by atoms with Gasteiger partial charge in [0, 0.05) is 30.7 Å². The van der Waals surface area contributed by atoms with Gasteiger partial charge in [0.15, 0.2) is 11.1 Å². The van der Waals surface area contributed by atoms with Gasteiger partial charge in [0.05, 0.1) is 23.8 Å². The first-order valence-electron chi connectivity index (χ1n) is 9.40. The van der Waals surface area contributed by atoms with E-state index in [1.165, 1.54) is 6.92 Å². The molecule has 1 saturated heterocycles. The van der Waals surface area contributed by atoms with E-state index in [0.717, 1.165) is 23.2 Å². The van der Waals surface area contributed by atoms with E-state index < -0.39 is 69.0 Å². The van der Waals surface area contributed by atoms with E-state index in [0.29, 0.717) is 12.3 Å². The number of alkyl halides is 6. The van der Waals surface area contributed by atoms with Gasteiger partial charge in [0.2, 0.25) is 0 Å². The Morgan fingerprint density at radius 1 is 1.18 bits per heavy atom. The van der Waals surface area contributed by atoms with Crippen molar-refractivity contribution >= 4 is 27.4 Å². The van der Waals surface area contributed by atoms with Crippen LogP contribution in [0.3, 0.4) is 0 Å². The quantitative estimate of drug-likeness (QED) is 0.602. The minimum atomic E-state index is -4.90. The van der Waals surface area contributed by atoms with Crippen LogP contribution in [0.2, 0.25) is 0 Å². The lowest BCUT2D eigenvalue weighted by Gasteiger charge is -2.38. The number of anilines is 2. The standard InChI is InChI=1S/C18H17F6N5O4S/c1-9-7-29(8-13(33-9)18(22,23)24)15-12(4-10(6-27-15)17(19,20)21)16(30)28-11-2-3-26-14(5-11)34(25,31)32/h2-6,9,13H,7-8H2,1H3,(H2,25,31,32)(H,26,28,30)/t9-,13+/m0/s1. The Balaban J connectivity index is 2.02. The van der Waals surface area contributed by atoms with E-state index in [1.54, 1.807) is 0 Å². The van der Waals surface area contributed by atoms with Crippen LogP contribution in [0, 0.1) is 0 Å². The summed E-state index contributed by atoms with van der Waals surface area (Å²) in [4.78, 5) is 21.0. The van der Waals surface area contributed by atoms with Crippen LogP contribution in [0.1, 0.15) is 22.8 Å². The third-order valence-electron chi connectivity index (χ3n) is 4.65. The smallest absolute Gasteiger partial charge is 0.362 e. The average molecular weight is 513 g/mol. The highest BCUT2D eigenvalue weighted by atomic mass is 32.2. The molecule has 0 unspecified atom stereocenters. The molecule has 0 bridgehead atoms. The van der Waals surface area contributed by atoms with Gasteiger partial charge in [0.25, 0.3) is 15.9 Å². The van der Waals surface area contributed by atoms with Crippen molar-refractivity contribution in [1.29, 1.82) is 0 Å². The van der Waals surface area contributed by atoms with Crippen molar-refractivity contribution in [3.63, 3.8) is 0 Å². The lowest BCUT2D eigenvalue weighted by Crippen LogP contribution is -2.53. The van der Waals surface area contributed by atoms with Gasteiger partial charge in [-0.05, 0) is 19.1 Å². The summed E-state index contributed by atoms with van der Waals surface area (Å²) in [5, 5.41) is 6.54. The molecule has 3 N–H and O–H groups in total. The van der Waals surface area contributed by atoms with E-state index in [4.69, 9.17) is 9.88 Å². The fraction of sp³-hybridized carbons (Fsp3) is 0.389. The molecule has 16 heteroatoms. The molecule has 3 heterocycles. The van der Waals surface area contributed by atoms with Crippen molar-refractivity contribution in [2.24, 2.45) is 5.14 Å². The molecule has 0 aromatic carbocycles. The highest BCUT2D eigenvalue weighted by Gasteiger charge is 2.46. The fourth-order valence-electron chi connectivity index (χ4n) is 3.18. The molecule has 2 aromatic heterocycles. The topological polar surface area (TPSA) is 128 Å². The van der Waals surface area contributed by atoms with Gasteiger partial charge < -0.3 is 15.0 Å². The Bertz CT molecular complexity index is 1190. The summed E-state index contributed by atoms with van der Waals surface area (Å²) >= 11 is 0. The predicted octanol–water partition coefficient (Wildman–Crippen LogP) is 2.55. The number of morpholine rings is 1. The fourth-order valence-corrected chi connectivity index (χ4v) is 3.68. The molecule has 0 saturated carbocycles. The van der Waals surface area contributed by atoms with Crippen molar-refractivity contribution in [2.45, 2.75) is 36.5 Å². The first-order chi connectivity index (χ1) is 15.6. The number of rotatable bonds is 4. The zero-order valence-corrected chi connectivity index (χ0v) is 18.0. The predicted molar refractivity (Wildman–Crippen MR) is 105 cm³/mol. The minimum Gasteiger partial charge on any atom is -0.362 e. The summed E-state index contributed by atoms with van der Waals surface area (Å²) in [6, 6.07) is 2.45. The maximum absolute atomic E-state index is 13.3. The third kappa shape index (κ3) is 5.92. The van der Waals surface area contributed by atoms with Crippen LogP contribution in [0.15, 0.2) is 35.6 Å². The number of hydrogen-bond donors (Lipinski definition) is 2. The monoisotopic (exact) mass is 513 g/mol. The Hall–Kier alpha value is -2.98. The van der Waals surface area contributed by atoms with Crippen molar-refractivity contribution in [2.75, 3.05) is 23.3 Å². The molecule has 2 atom stereocenters. The molecule has 34 heavy (non-hydrogen) atoms. The van der Waals surface area contributed by atoms with Gasteiger partial charge in [-0.15, -0.1) is 0 Å². The Morgan fingerprint density at radius 3 is 2.44 bits per heavy atom. The minimum absolute atomic E-state index is 0.184. The molecule has 1 fully saturated rings. The molecule has 1 amide bonds. The molecule has 0 aliphatic carbocycles. The maximum Gasteiger partial charge on any atom is 0.417 e. The van der Waals surface area contributed by atoms with E-state index >= 15 is 0 Å². The average Bonchev–Trinajstić information content (AvgIpc) is 2.71. The van der Waals surface area contributed by atoms with Crippen LogP contribution in [-0.2, 0) is 20.9 Å². The number of hydrogen-bond acceptors (Lipinski definition) is 7. The van der Waals surface area contributed by atoms with Crippen molar-refractivity contribution < 1.29 is 44.3 Å². The number of carbonyl (C=O) groups is 1. The largest absolute Gasteiger partial charge is 0.417 e. The molecule has 3 rings (SSSR count). The number of primary sulfonamides is 1. The van der Waals surface area contributed by atoms with Crippen LogP contribution in [0.4, 0.5) is 37.8 Å². The number of nitrogens with two attached hydrogens (primary N) is 1. The second-order valence-corrected chi connectivity index (χ2v) is 8.87. The number of aromatic nitrogens is 2. The van der Waals surface area contributed by atoms with Gasteiger partial charge in [-0.25, -0.2) is 23.5 Å². The van der Waals surface area contributed by atoms with E-state index in [-0.39, 0.29) is 12.2 Å². The molecule has 1 aliphatic rings. The number of ether oxygens (including phenoxy) is 1. The van der Waals surface area contributed by atoms with Gasteiger partial charge in [-0.3, -0.25) is 4.79 Å². The lowest BCUT2D eigenvalue weighted by molar-refractivity contribution is -0.233. The molecule has 0 radical (unpaired) electrons. The summed E-state index contributed by atoms with van der Waals surface area (Å²) in [5.41, 5.74) is -2.18. The van der Waals surface area contributed by atoms with E-state index in [1.807, 2.05) is 0 Å². The Labute approximate surface area is 189 Å². The number of sulfonamides is 1. The highest BCUT2D eigenvalue weighted by Crippen LogP contribution is 2.34. The normalized spacial score (nSPS) is 19.7. The molecular formula is C18H17F6N5O4S. The second-order valence-electron chi connectivity index (χ2n) is 7.36. The van der Waals surface area contributed by atoms with Crippen LogP contribution >= 0.6 is 0 Å². The summed E-state index contributed by atoms with van der Waals surface area (Å²) in [6.45, 7) is 0.341. The Kier molecular flexibility index (Phi) is 6.78. The molecule has 9 nitrogen and oxygen atoms in total. The summed E-state index contributed by atoms with van der Waals surface area (Å²) in [5.74, 6) is -1.61. The van der Waals surface area contributed by atoms with Crippen molar-refractivity contribution in [1.82, 2.24) is 9.97 Å². The maximum atomic E-state index is 13.3. The molecule has 0 spiro atoms. The van der Waals surface area contributed by atoms with Gasteiger partial charge in [-0.1, -0.05) is 0 Å². The summed E-state index contributed by atoms with van der Waals surface area (Å²) in [7, 11) is -4.26. The summed E-state index contributed by atoms with van der Waals surface area (Å²) < 4.78 is 107. The molecule has 2 aromatic rings. The zero-order chi connectivity index (χ0) is 25.5. The number of nitrogens with one attached hydrogen (secondary N) is 1. The number of pyridine rings is 2. The van der Waals surface area contributed by atoms with Crippen LogP contribution in [0.5, 0.6) is 0 Å². The molecule has 1 aliphatic heterocycles. The van der Waals surface area contributed by atoms with Crippen LogP contribution < -0.4 is 15.4 Å². The second kappa shape index (κ2) is 8.99. The van der Waals surface area contributed by atoms with Gasteiger partial charge in [0.1, 0.15) is 5.82 Å². The summed E-state index contributed by atoms with van der Waals surface area (Å²) in [6.07, 6.45) is -11.5. The molecule has 186 valence electrons. The van der Waals surface area contributed by atoms with Crippen LogP contribution in [0.25, 0.3) is 0 Å². The number of halogens is 6. The van der Waals surface area contributed by atoms with Gasteiger partial charge >= 0.3 is 12.4 Å². The molecular weight excluding hydrogens is 496 g/mol. The number of nitrogens with zero attached hydrogens (tertiary/aromatic N) is 3. The number of carbonyl (C=O) groups excluding carboxylic acids is 1. The SMILES string of the molecule is C[C@H]1CN(c2ncc(C(F)(F)F)cc2C(=O)Nc2ccnc(S(N)(=O)=O)c2)C[C@H](C(F)(F)F)O1. The van der Waals surface area contributed by atoms with Gasteiger partial charge in [-0.2, -0.15) is 26.3 Å². The zero-order valence-electron chi connectivity index (χ0n) is 17.2. The first-order valence-corrected chi connectivity index (χ1v) is 10.9. The van der Waals surface area contributed by atoms with E-state index in [9.17, 15) is 39.6 Å². The van der Waals surface area contributed by atoms with Crippen LogP contribution in [-0.4, -0.2) is 55.8 Å². The highest BCUT2D eigenvalue weighted by molar-refractivity contribution is 7.89. The first kappa shape index (κ1) is 25.6. The van der Waals surface area contributed by atoms with Crippen molar-refractivity contribution in [3.8, 4) is 0 Å².